The first-order valence-electron chi connectivity index (χ1n) is 7.88. The first-order valence-corrected chi connectivity index (χ1v) is 8.70. The molecule has 2 aromatic rings. The summed E-state index contributed by atoms with van der Waals surface area (Å²) in [4.78, 5) is 26.5. The third kappa shape index (κ3) is 3.81. The SMILES string of the molecule is C=CCOc1ccc(/C=C2/SC(=O)N(c3ccc(OC)cc3)C2=O)cc1. The van der Waals surface area contributed by atoms with Crippen LogP contribution in [-0.4, -0.2) is 24.9 Å². The van der Waals surface area contributed by atoms with Crippen molar-refractivity contribution in [1.82, 2.24) is 0 Å². The molecule has 1 aliphatic heterocycles. The number of methoxy groups -OCH3 is 1. The van der Waals surface area contributed by atoms with Crippen LogP contribution in [0.1, 0.15) is 5.56 Å². The van der Waals surface area contributed by atoms with E-state index < -0.39 is 0 Å². The van der Waals surface area contributed by atoms with Crippen LogP contribution in [0.3, 0.4) is 0 Å². The lowest BCUT2D eigenvalue weighted by atomic mass is 10.2. The largest absolute Gasteiger partial charge is 0.497 e. The topological polar surface area (TPSA) is 55.8 Å². The lowest BCUT2D eigenvalue weighted by Gasteiger charge is -2.12. The molecule has 2 amide bonds. The molecule has 0 radical (unpaired) electrons. The minimum Gasteiger partial charge on any atom is -0.497 e. The van der Waals surface area contributed by atoms with Crippen molar-refractivity contribution in [3.8, 4) is 11.5 Å². The number of hydrogen-bond acceptors (Lipinski definition) is 5. The van der Waals surface area contributed by atoms with Gasteiger partial charge in [0.05, 0.1) is 17.7 Å². The van der Waals surface area contributed by atoms with Gasteiger partial charge in [-0.1, -0.05) is 24.8 Å². The van der Waals surface area contributed by atoms with Gasteiger partial charge in [-0.25, -0.2) is 4.90 Å². The molecule has 1 heterocycles. The predicted octanol–water partition coefficient (Wildman–Crippen LogP) is 4.50. The highest BCUT2D eigenvalue weighted by molar-refractivity contribution is 8.19. The summed E-state index contributed by atoms with van der Waals surface area (Å²) in [5.74, 6) is 1.04. The lowest BCUT2D eigenvalue weighted by Crippen LogP contribution is -2.27. The molecule has 1 fully saturated rings. The Morgan fingerprint density at radius 1 is 1.04 bits per heavy atom. The summed E-state index contributed by atoms with van der Waals surface area (Å²) in [5, 5.41) is -0.322. The summed E-state index contributed by atoms with van der Waals surface area (Å²) in [6, 6.07) is 14.1. The van der Waals surface area contributed by atoms with Gasteiger partial charge in [0.15, 0.2) is 0 Å². The number of ether oxygens (including phenoxy) is 2. The average Bonchev–Trinajstić information content (AvgIpc) is 2.94. The summed E-state index contributed by atoms with van der Waals surface area (Å²) in [7, 11) is 1.56. The van der Waals surface area contributed by atoms with Gasteiger partial charge in [0.2, 0.25) is 0 Å². The van der Waals surface area contributed by atoms with Gasteiger partial charge in [-0.3, -0.25) is 9.59 Å². The Morgan fingerprint density at radius 2 is 1.69 bits per heavy atom. The number of thioether (sulfide) groups is 1. The maximum absolute atomic E-state index is 12.6. The highest BCUT2D eigenvalue weighted by Crippen LogP contribution is 2.36. The van der Waals surface area contributed by atoms with E-state index in [0.29, 0.717) is 28.7 Å². The number of rotatable bonds is 6. The van der Waals surface area contributed by atoms with Crippen LogP contribution in [0.25, 0.3) is 6.08 Å². The number of carbonyl (C=O) groups is 2. The van der Waals surface area contributed by atoms with E-state index in [1.165, 1.54) is 0 Å². The molecule has 0 atom stereocenters. The molecule has 0 saturated carbocycles. The van der Waals surface area contributed by atoms with Crippen LogP contribution in [0, 0.1) is 0 Å². The minimum atomic E-state index is -0.336. The quantitative estimate of drug-likeness (QED) is 0.556. The van der Waals surface area contributed by atoms with Crippen molar-refractivity contribution < 1.29 is 19.1 Å². The Bertz CT molecular complexity index is 856. The zero-order chi connectivity index (χ0) is 18.5. The van der Waals surface area contributed by atoms with Gasteiger partial charge in [-0.15, -0.1) is 0 Å². The Labute approximate surface area is 155 Å². The van der Waals surface area contributed by atoms with E-state index in [2.05, 4.69) is 6.58 Å². The van der Waals surface area contributed by atoms with E-state index >= 15 is 0 Å². The molecule has 26 heavy (non-hydrogen) atoms. The fourth-order valence-corrected chi connectivity index (χ4v) is 3.23. The molecule has 0 spiro atoms. The van der Waals surface area contributed by atoms with Crippen molar-refractivity contribution in [2.75, 3.05) is 18.6 Å². The van der Waals surface area contributed by atoms with Gasteiger partial charge in [0.1, 0.15) is 18.1 Å². The Balaban J connectivity index is 1.79. The second-order valence-electron chi connectivity index (χ2n) is 5.38. The second kappa shape index (κ2) is 7.93. The number of imide groups is 1. The summed E-state index contributed by atoms with van der Waals surface area (Å²) in [6.45, 7) is 4.03. The Kier molecular flexibility index (Phi) is 5.43. The fraction of sp³-hybridized carbons (Fsp3) is 0.100. The van der Waals surface area contributed by atoms with Crippen molar-refractivity contribution in [1.29, 1.82) is 0 Å². The number of benzene rings is 2. The van der Waals surface area contributed by atoms with Gasteiger partial charge < -0.3 is 9.47 Å². The van der Waals surface area contributed by atoms with Gasteiger partial charge >= 0.3 is 0 Å². The number of anilines is 1. The highest BCUT2D eigenvalue weighted by atomic mass is 32.2. The molecule has 132 valence electrons. The smallest absolute Gasteiger partial charge is 0.298 e. The van der Waals surface area contributed by atoms with Crippen molar-refractivity contribution in [2.24, 2.45) is 0 Å². The summed E-state index contributed by atoms with van der Waals surface area (Å²) >= 11 is 0.922. The number of nitrogens with zero attached hydrogens (tertiary/aromatic N) is 1. The highest BCUT2D eigenvalue weighted by Gasteiger charge is 2.36. The molecule has 0 bridgehead atoms. The molecule has 3 rings (SSSR count). The van der Waals surface area contributed by atoms with Gasteiger partial charge in [-0.05, 0) is 59.8 Å². The average molecular weight is 367 g/mol. The molecule has 2 aromatic carbocycles. The van der Waals surface area contributed by atoms with Crippen molar-refractivity contribution >= 4 is 34.7 Å². The molecule has 5 nitrogen and oxygen atoms in total. The summed E-state index contributed by atoms with van der Waals surface area (Å²) in [6.07, 6.45) is 3.37. The maximum Gasteiger partial charge on any atom is 0.298 e. The van der Waals surface area contributed by atoms with Crippen molar-refractivity contribution in [2.45, 2.75) is 0 Å². The van der Waals surface area contributed by atoms with Gasteiger partial charge in [0, 0.05) is 0 Å². The van der Waals surface area contributed by atoms with Crippen molar-refractivity contribution in [3.63, 3.8) is 0 Å². The van der Waals surface area contributed by atoms with E-state index in [9.17, 15) is 9.59 Å². The first kappa shape index (κ1) is 17.8. The third-order valence-electron chi connectivity index (χ3n) is 3.67. The summed E-state index contributed by atoms with van der Waals surface area (Å²) < 4.78 is 10.5. The van der Waals surface area contributed by atoms with E-state index in [4.69, 9.17) is 9.47 Å². The number of carbonyl (C=O) groups excluding carboxylic acids is 2. The molecule has 0 aliphatic carbocycles. The molecular formula is C20H17NO4S. The monoisotopic (exact) mass is 367 g/mol. The standard InChI is InChI=1S/C20H17NO4S/c1-3-12-25-17-8-4-14(5-9-17)13-18-19(22)21(20(23)26-18)15-6-10-16(24-2)11-7-15/h3-11,13H,1,12H2,2H3/b18-13+. The number of hydrogen-bond donors (Lipinski definition) is 0. The minimum absolute atomic E-state index is 0.322. The first-order chi connectivity index (χ1) is 12.6. The molecule has 1 aliphatic rings. The second-order valence-corrected chi connectivity index (χ2v) is 6.38. The van der Waals surface area contributed by atoms with Crippen LogP contribution < -0.4 is 14.4 Å². The molecular weight excluding hydrogens is 350 g/mol. The van der Waals surface area contributed by atoms with Crippen molar-refractivity contribution in [3.05, 3.63) is 71.7 Å². The van der Waals surface area contributed by atoms with Gasteiger partial charge in [-0.2, -0.15) is 0 Å². The zero-order valence-corrected chi connectivity index (χ0v) is 15.0. The van der Waals surface area contributed by atoms with Crippen LogP contribution in [0.15, 0.2) is 66.1 Å². The molecule has 0 N–H and O–H groups in total. The van der Waals surface area contributed by atoms with Crippen LogP contribution in [0.2, 0.25) is 0 Å². The lowest BCUT2D eigenvalue weighted by molar-refractivity contribution is -0.113. The predicted molar refractivity (Wildman–Crippen MR) is 104 cm³/mol. The van der Waals surface area contributed by atoms with Crippen LogP contribution in [-0.2, 0) is 4.79 Å². The van der Waals surface area contributed by atoms with Crippen LogP contribution in [0.4, 0.5) is 10.5 Å². The molecule has 6 heteroatoms. The van der Waals surface area contributed by atoms with E-state index in [1.807, 2.05) is 24.3 Å². The fourth-order valence-electron chi connectivity index (χ4n) is 2.39. The molecule has 1 saturated heterocycles. The van der Waals surface area contributed by atoms with Crippen LogP contribution in [0.5, 0.6) is 11.5 Å². The maximum atomic E-state index is 12.6. The van der Waals surface area contributed by atoms with Crippen LogP contribution >= 0.6 is 11.8 Å². The zero-order valence-electron chi connectivity index (χ0n) is 14.2. The van der Waals surface area contributed by atoms with E-state index in [1.54, 1.807) is 43.5 Å². The Morgan fingerprint density at radius 3 is 2.31 bits per heavy atom. The normalized spacial score (nSPS) is 15.4. The third-order valence-corrected chi connectivity index (χ3v) is 4.54. The van der Waals surface area contributed by atoms with E-state index in [0.717, 1.165) is 22.2 Å². The summed E-state index contributed by atoms with van der Waals surface area (Å²) in [5.41, 5.74) is 1.33. The van der Waals surface area contributed by atoms with E-state index in [-0.39, 0.29) is 11.1 Å². The molecule has 0 aromatic heterocycles. The number of amides is 2. The van der Waals surface area contributed by atoms with Gasteiger partial charge in [0.25, 0.3) is 11.1 Å². The Hall–Kier alpha value is -2.99. The molecule has 0 unspecified atom stereocenters.